The first-order valence-electron chi connectivity index (χ1n) is 5.30. The second-order valence-electron chi connectivity index (χ2n) is 4.31. The van der Waals surface area contributed by atoms with E-state index >= 15 is 0 Å². The second-order valence-corrected chi connectivity index (χ2v) is 4.31. The van der Waals surface area contributed by atoms with E-state index in [-0.39, 0.29) is 18.0 Å². The number of hydrogen-bond acceptors (Lipinski definition) is 2. The number of carboxylic acids is 1. The molecule has 0 aromatic rings. The van der Waals surface area contributed by atoms with Crippen molar-refractivity contribution in [3.8, 4) is 0 Å². The van der Waals surface area contributed by atoms with Gasteiger partial charge in [0.1, 0.15) is 6.04 Å². The molecule has 0 aliphatic heterocycles. The molecule has 2 amide bonds. The van der Waals surface area contributed by atoms with Crippen molar-refractivity contribution in [2.75, 3.05) is 0 Å². The van der Waals surface area contributed by atoms with Crippen LogP contribution in [0.15, 0.2) is 0 Å². The van der Waals surface area contributed by atoms with Gasteiger partial charge >= 0.3 is 12.0 Å². The molecule has 0 saturated heterocycles. The van der Waals surface area contributed by atoms with E-state index in [1.807, 2.05) is 0 Å². The highest BCUT2D eigenvalue weighted by atomic mass is 16.4. The van der Waals surface area contributed by atoms with Gasteiger partial charge in [0, 0.05) is 6.04 Å². The summed E-state index contributed by atoms with van der Waals surface area (Å²) in [4.78, 5) is 22.2. The lowest BCUT2D eigenvalue weighted by molar-refractivity contribution is -0.140. The van der Waals surface area contributed by atoms with Crippen molar-refractivity contribution in [3.63, 3.8) is 0 Å². The van der Waals surface area contributed by atoms with Crippen molar-refractivity contribution < 1.29 is 14.7 Å². The first kappa shape index (κ1) is 11.8. The summed E-state index contributed by atoms with van der Waals surface area (Å²) in [5.74, 6) is -1.11. The van der Waals surface area contributed by atoms with Gasteiger partial charge < -0.3 is 15.7 Å². The van der Waals surface area contributed by atoms with Crippen LogP contribution in [0.5, 0.6) is 0 Å². The van der Waals surface area contributed by atoms with Crippen LogP contribution in [0.25, 0.3) is 0 Å². The Morgan fingerprint density at radius 3 is 2.27 bits per heavy atom. The second kappa shape index (κ2) is 5.00. The van der Waals surface area contributed by atoms with Crippen LogP contribution in [0.2, 0.25) is 0 Å². The Morgan fingerprint density at radius 1 is 1.33 bits per heavy atom. The van der Waals surface area contributed by atoms with Crippen LogP contribution < -0.4 is 10.6 Å². The predicted octanol–water partition coefficient (Wildman–Crippen LogP) is 0.947. The maximum absolute atomic E-state index is 11.4. The zero-order valence-electron chi connectivity index (χ0n) is 9.12. The summed E-state index contributed by atoms with van der Waals surface area (Å²) in [6.07, 6.45) is 3.12. The quantitative estimate of drug-likeness (QED) is 0.652. The van der Waals surface area contributed by atoms with E-state index in [0.717, 1.165) is 19.3 Å². The molecule has 1 saturated carbocycles. The average Bonchev–Trinajstić information content (AvgIpc) is 2.06. The minimum absolute atomic E-state index is 0.116. The molecule has 1 atom stereocenters. The van der Waals surface area contributed by atoms with E-state index in [0.29, 0.717) is 0 Å². The fourth-order valence-corrected chi connectivity index (χ4v) is 1.43. The van der Waals surface area contributed by atoms with E-state index < -0.39 is 12.0 Å². The summed E-state index contributed by atoms with van der Waals surface area (Å²) in [5, 5.41) is 14.1. The minimum Gasteiger partial charge on any atom is -0.480 e. The van der Waals surface area contributed by atoms with E-state index in [9.17, 15) is 9.59 Å². The molecular formula is C10H18N2O3. The number of urea groups is 1. The fraction of sp³-hybridized carbons (Fsp3) is 0.800. The number of hydrogen-bond donors (Lipinski definition) is 3. The summed E-state index contributed by atoms with van der Waals surface area (Å²) >= 11 is 0. The normalized spacial score (nSPS) is 18.1. The number of nitrogens with one attached hydrogen (secondary N) is 2. The van der Waals surface area contributed by atoms with E-state index in [1.165, 1.54) is 0 Å². The molecule has 86 valence electrons. The maximum Gasteiger partial charge on any atom is 0.326 e. The molecule has 1 aliphatic carbocycles. The Balaban J connectivity index is 2.36. The highest BCUT2D eigenvalue weighted by Gasteiger charge is 2.25. The third-order valence-corrected chi connectivity index (χ3v) is 2.66. The van der Waals surface area contributed by atoms with Crippen LogP contribution in [0, 0.1) is 5.92 Å². The molecule has 0 aromatic carbocycles. The van der Waals surface area contributed by atoms with Gasteiger partial charge in [-0.1, -0.05) is 13.8 Å². The number of carboxylic acid groups (broad SMARTS) is 1. The molecule has 15 heavy (non-hydrogen) atoms. The van der Waals surface area contributed by atoms with Crippen LogP contribution in [0.3, 0.4) is 0 Å². The number of rotatable bonds is 4. The predicted molar refractivity (Wildman–Crippen MR) is 55.6 cm³/mol. The lowest BCUT2D eigenvalue weighted by Gasteiger charge is -2.27. The molecule has 3 N–H and O–H groups in total. The Bertz CT molecular complexity index is 249. The van der Waals surface area contributed by atoms with E-state index in [4.69, 9.17) is 5.11 Å². The zero-order valence-corrected chi connectivity index (χ0v) is 9.12. The van der Waals surface area contributed by atoms with Crippen molar-refractivity contribution in [2.24, 2.45) is 5.92 Å². The summed E-state index contributed by atoms with van der Waals surface area (Å²) < 4.78 is 0. The SMILES string of the molecule is CC(C)[C@H](NC(=O)NC1CCC1)C(=O)O. The zero-order chi connectivity index (χ0) is 11.4. The summed E-state index contributed by atoms with van der Waals surface area (Å²) in [5.41, 5.74) is 0. The molecule has 1 aliphatic rings. The lowest BCUT2D eigenvalue weighted by Crippen LogP contribution is -2.52. The van der Waals surface area contributed by atoms with Crippen molar-refractivity contribution in [1.82, 2.24) is 10.6 Å². The lowest BCUT2D eigenvalue weighted by atomic mass is 9.93. The van der Waals surface area contributed by atoms with Crippen LogP contribution in [-0.2, 0) is 4.79 Å². The number of amides is 2. The average molecular weight is 214 g/mol. The van der Waals surface area contributed by atoms with Gasteiger partial charge in [0.2, 0.25) is 0 Å². The molecule has 0 bridgehead atoms. The molecule has 5 heteroatoms. The Kier molecular flexibility index (Phi) is 3.94. The molecule has 1 rings (SSSR count). The van der Waals surface area contributed by atoms with Crippen LogP contribution >= 0.6 is 0 Å². The smallest absolute Gasteiger partial charge is 0.326 e. The summed E-state index contributed by atoms with van der Waals surface area (Å²) in [6, 6.07) is -0.961. The first-order valence-corrected chi connectivity index (χ1v) is 5.30. The number of carbonyl (C=O) groups is 2. The highest BCUT2D eigenvalue weighted by Crippen LogP contribution is 2.17. The van der Waals surface area contributed by atoms with Gasteiger partial charge in [0.25, 0.3) is 0 Å². The summed E-state index contributed by atoms with van der Waals surface area (Å²) in [7, 11) is 0. The van der Waals surface area contributed by atoms with Crippen molar-refractivity contribution in [1.29, 1.82) is 0 Å². The van der Waals surface area contributed by atoms with E-state index in [1.54, 1.807) is 13.8 Å². The minimum atomic E-state index is -0.992. The molecule has 0 unspecified atom stereocenters. The third kappa shape index (κ3) is 3.42. The van der Waals surface area contributed by atoms with Crippen molar-refractivity contribution >= 4 is 12.0 Å². The molecule has 0 heterocycles. The summed E-state index contributed by atoms with van der Waals surface area (Å²) in [6.45, 7) is 3.53. The topological polar surface area (TPSA) is 78.4 Å². The maximum atomic E-state index is 11.4. The molecule has 0 spiro atoms. The van der Waals surface area contributed by atoms with Gasteiger partial charge in [0.15, 0.2) is 0 Å². The van der Waals surface area contributed by atoms with Crippen LogP contribution in [0.4, 0.5) is 4.79 Å². The molecule has 1 fully saturated rings. The Hall–Kier alpha value is -1.26. The standard InChI is InChI=1S/C10H18N2O3/c1-6(2)8(9(13)14)12-10(15)11-7-4-3-5-7/h6-8H,3-5H2,1-2H3,(H,13,14)(H2,11,12,15)/t8-/m0/s1. The number of aliphatic carboxylic acids is 1. The first-order chi connectivity index (χ1) is 7.00. The molecule has 5 nitrogen and oxygen atoms in total. The monoisotopic (exact) mass is 214 g/mol. The van der Waals surface area contributed by atoms with E-state index in [2.05, 4.69) is 10.6 Å². The van der Waals surface area contributed by atoms with Crippen molar-refractivity contribution in [2.45, 2.75) is 45.2 Å². The largest absolute Gasteiger partial charge is 0.480 e. The fourth-order valence-electron chi connectivity index (χ4n) is 1.43. The Morgan fingerprint density at radius 2 is 1.93 bits per heavy atom. The van der Waals surface area contributed by atoms with Gasteiger partial charge in [-0.15, -0.1) is 0 Å². The highest BCUT2D eigenvalue weighted by molar-refractivity contribution is 5.82. The molecule has 0 radical (unpaired) electrons. The molecular weight excluding hydrogens is 196 g/mol. The number of carbonyl (C=O) groups excluding carboxylic acids is 1. The van der Waals surface area contributed by atoms with Crippen molar-refractivity contribution in [3.05, 3.63) is 0 Å². The van der Waals surface area contributed by atoms with Gasteiger partial charge in [-0.05, 0) is 25.2 Å². The van der Waals surface area contributed by atoms with Gasteiger partial charge in [-0.25, -0.2) is 9.59 Å². The Labute approximate surface area is 89.2 Å². The third-order valence-electron chi connectivity index (χ3n) is 2.66. The van der Waals surface area contributed by atoms with Crippen LogP contribution in [0.1, 0.15) is 33.1 Å². The molecule has 0 aromatic heterocycles. The van der Waals surface area contributed by atoms with Gasteiger partial charge in [-0.2, -0.15) is 0 Å². The van der Waals surface area contributed by atoms with Gasteiger partial charge in [-0.3, -0.25) is 0 Å². The van der Waals surface area contributed by atoms with Crippen LogP contribution in [-0.4, -0.2) is 29.2 Å². The van der Waals surface area contributed by atoms with Gasteiger partial charge in [0.05, 0.1) is 0 Å².